The van der Waals surface area contributed by atoms with Gasteiger partial charge in [-0.05, 0) is 110 Å². The van der Waals surface area contributed by atoms with Gasteiger partial charge in [-0.2, -0.15) is 0 Å². The average Bonchev–Trinajstić information content (AvgIpc) is 3.13. The molecular formula is C30H53NO3. The zero-order valence-corrected chi connectivity index (χ0v) is 22.8. The molecule has 0 spiro atoms. The number of fused-ring (bicyclic) bond motifs is 5. The Kier molecular flexibility index (Phi) is 8.27. The van der Waals surface area contributed by atoms with Crippen LogP contribution in [0.1, 0.15) is 112 Å². The number of ether oxygens (including phenoxy) is 2. The molecule has 0 unspecified atom stereocenters. The van der Waals surface area contributed by atoms with E-state index in [0.717, 1.165) is 47.8 Å². The smallest absolute Gasteiger partial charge is 0.404 e. The first-order chi connectivity index (χ1) is 16.1. The van der Waals surface area contributed by atoms with Gasteiger partial charge in [0.25, 0.3) is 0 Å². The fraction of sp³-hybridized carbons (Fsp3) is 0.967. The van der Waals surface area contributed by atoms with Crippen LogP contribution in [-0.4, -0.2) is 25.4 Å². The van der Waals surface area contributed by atoms with E-state index in [0.29, 0.717) is 23.5 Å². The highest BCUT2D eigenvalue weighted by Crippen LogP contribution is 2.68. The quantitative estimate of drug-likeness (QED) is 0.349. The molecule has 9 atom stereocenters. The summed E-state index contributed by atoms with van der Waals surface area (Å²) in [6.07, 6.45) is 16.2. The Morgan fingerprint density at radius 2 is 1.65 bits per heavy atom. The highest BCUT2D eigenvalue weighted by molar-refractivity contribution is 5.64. The molecule has 0 heterocycles. The van der Waals surface area contributed by atoms with Crippen LogP contribution in [0.3, 0.4) is 0 Å². The Bertz CT molecular complexity index is 695. The van der Waals surface area contributed by atoms with E-state index in [1.807, 2.05) is 0 Å². The summed E-state index contributed by atoms with van der Waals surface area (Å²) in [6, 6.07) is 0. The summed E-state index contributed by atoms with van der Waals surface area (Å²) in [6.45, 7) is 13.4. The number of primary amides is 1. The van der Waals surface area contributed by atoms with Crippen molar-refractivity contribution in [1.82, 2.24) is 0 Å². The van der Waals surface area contributed by atoms with Crippen LogP contribution < -0.4 is 5.73 Å². The minimum atomic E-state index is -0.707. The molecule has 34 heavy (non-hydrogen) atoms. The molecule has 4 rings (SSSR count). The highest BCUT2D eigenvalue weighted by Gasteiger charge is 2.60. The van der Waals surface area contributed by atoms with E-state index in [1.165, 1.54) is 70.6 Å². The van der Waals surface area contributed by atoms with Crippen molar-refractivity contribution < 1.29 is 14.3 Å². The van der Waals surface area contributed by atoms with Gasteiger partial charge in [0.15, 0.2) is 0 Å². The van der Waals surface area contributed by atoms with Crippen molar-refractivity contribution in [3.05, 3.63) is 0 Å². The van der Waals surface area contributed by atoms with E-state index in [4.69, 9.17) is 15.2 Å². The molecule has 1 amide bonds. The fourth-order valence-corrected chi connectivity index (χ4v) is 9.75. The molecule has 196 valence electrons. The van der Waals surface area contributed by atoms with Crippen LogP contribution in [0, 0.1) is 52.3 Å². The molecule has 4 aliphatic carbocycles. The van der Waals surface area contributed by atoms with Crippen LogP contribution in [0.2, 0.25) is 0 Å². The van der Waals surface area contributed by atoms with Crippen LogP contribution in [0.4, 0.5) is 4.79 Å². The van der Waals surface area contributed by atoms with Gasteiger partial charge in [-0.15, -0.1) is 0 Å². The van der Waals surface area contributed by atoms with Crippen LogP contribution in [0.25, 0.3) is 0 Å². The number of hydrogen-bond acceptors (Lipinski definition) is 3. The fourth-order valence-electron chi connectivity index (χ4n) is 9.75. The monoisotopic (exact) mass is 475 g/mol. The van der Waals surface area contributed by atoms with Gasteiger partial charge in [0.05, 0.1) is 12.7 Å². The first-order valence-electron chi connectivity index (χ1n) is 14.7. The largest absolute Gasteiger partial charge is 0.447 e. The number of carbonyl (C=O) groups is 1. The summed E-state index contributed by atoms with van der Waals surface area (Å²) >= 11 is 0. The Morgan fingerprint density at radius 1 is 0.912 bits per heavy atom. The van der Waals surface area contributed by atoms with E-state index in [2.05, 4.69) is 34.6 Å². The van der Waals surface area contributed by atoms with Gasteiger partial charge in [0.2, 0.25) is 0 Å². The molecule has 2 N–H and O–H groups in total. The Hall–Kier alpha value is -0.770. The molecule has 4 heteroatoms. The predicted molar refractivity (Wildman–Crippen MR) is 138 cm³/mol. The second-order valence-corrected chi connectivity index (χ2v) is 13.6. The topological polar surface area (TPSA) is 61.6 Å². The van der Waals surface area contributed by atoms with E-state index in [-0.39, 0.29) is 6.61 Å². The van der Waals surface area contributed by atoms with Crippen molar-refractivity contribution in [2.24, 2.45) is 58.0 Å². The summed E-state index contributed by atoms with van der Waals surface area (Å²) in [4.78, 5) is 10.8. The maximum atomic E-state index is 10.8. The lowest BCUT2D eigenvalue weighted by atomic mass is 9.44. The molecule has 0 aliphatic heterocycles. The van der Waals surface area contributed by atoms with Crippen LogP contribution in [0.15, 0.2) is 0 Å². The van der Waals surface area contributed by atoms with Crippen molar-refractivity contribution in [2.45, 2.75) is 118 Å². The van der Waals surface area contributed by atoms with E-state index >= 15 is 0 Å². The van der Waals surface area contributed by atoms with Crippen LogP contribution >= 0.6 is 0 Å². The lowest BCUT2D eigenvalue weighted by Gasteiger charge is -2.61. The third-order valence-corrected chi connectivity index (χ3v) is 11.5. The Balaban J connectivity index is 1.35. The normalized spacial score (nSPS) is 42.5. The van der Waals surface area contributed by atoms with Gasteiger partial charge in [-0.1, -0.05) is 53.9 Å². The first-order valence-corrected chi connectivity index (χ1v) is 14.7. The van der Waals surface area contributed by atoms with Crippen LogP contribution in [-0.2, 0) is 9.47 Å². The van der Waals surface area contributed by atoms with E-state index in [9.17, 15) is 4.79 Å². The maximum absolute atomic E-state index is 10.8. The number of carbonyl (C=O) groups excluding carboxylic acids is 1. The summed E-state index contributed by atoms with van der Waals surface area (Å²) in [7, 11) is 0. The summed E-state index contributed by atoms with van der Waals surface area (Å²) in [5.41, 5.74) is 6.15. The standard InChI is InChI=1S/C30H53NO3/c1-20(2)7-6-8-21(3)25-11-12-26-24-10-9-22-19-23(33-17-18-34-28(31)32)13-15-29(22,4)27(24)14-16-30(25,26)5/h20-27H,6-19H2,1-5H3,(H2,31,32)/t21-,22+,23+,24+,25-,26+,27+,29+,30-/m1/s1. The van der Waals surface area contributed by atoms with Gasteiger partial charge in [0, 0.05) is 0 Å². The summed E-state index contributed by atoms with van der Waals surface area (Å²) in [5.74, 6) is 6.30. The van der Waals surface area contributed by atoms with Gasteiger partial charge < -0.3 is 15.2 Å². The van der Waals surface area contributed by atoms with Crippen molar-refractivity contribution in [2.75, 3.05) is 13.2 Å². The highest BCUT2D eigenvalue weighted by atomic mass is 16.6. The molecule has 0 aromatic heterocycles. The van der Waals surface area contributed by atoms with Gasteiger partial charge in [0.1, 0.15) is 6.61 Å². The molecule has 0 aromatic carbocycles. The van der Waals surface area contributed by atoms with Crippen LogP contribution in [0.5, 0.6) is 0 Å². The maximum Gasteiger partial charge on any atom is 0.404 e. The molecular weight excluding hydrogens is 422 g/mol. The van der Waals surface area contributed by atoms with E-state index < -0.39 is 6.09 Å². The lowest BCUT2D eigenvalue weighted by Crippen LogP contribution is -2.54. The van der Waals surface area contributed by atoms with Gasteiger partial charge in [-0.25, -0.2) is 4.79 Å². The predicted octanol–water partition coefficient (Wildman–Crippen LogP) is 7.59. The number of amides is 1. The zero-order valence-electron chi connectivity index (χ0n) is 22.8. The lowest BCUT2D eigenvalue weighted by molar-refractivity contribution is -0.138. The van der Waals surface area contributed by atoms with E-state index in [1.54, 1.807) is 0 Å². The minimum absolute atomic E-state index is 0.274. The molecule has 4 saturated carbocycles. The Labute approximate surface area is 209 Å². The molecule has 0 radical (unpaired) electrons. The molecule has 4 fully saturated rings. The third kappa shape index (κ3) is 5.18. The SMILES string of the molecule is CC(C)CCC[C@@H](C)[C@H]1CC[C@H]2[C@@H]3CC[C@H]4C[C@@H](OCCOC(N)=O)CC[C@]4(C)[C@H]3CC[C@]12C. The average molecular weight is 476 g/mol. The Morgan fingerprint density at radius 3 is 2.38 bits per heavy atom. The van der Waals surface area contributed by atoms with Gasteiger partial charge in [-0.3, -0.25) is 0 Å². The van der Waals surface area contributed by atoms with Crippen molar-refractivity contribution >= 4 is 6.09 Å². The number of rotatable bonds is 9. The van der Waals surface area contributed by atoms with Crippen molar-refractivity contribution in [3.8, 4) is 0 Å². The molecule has 0 bridgehead atoms. The van der Waals surface area contributed by atoms with Crippen molar-refractivity contribution in [3.63, 3.8) is 0 Å². The summed E-state index contributed by atoms with van der Waals surface area (Å²) < 4.78 is 11.0. The summed E-state index contributed by atoms with van der Waals surface area (Å²) in [5, 5.41) is 0. The van der Waals surface area contributed by atoms with Gasteiger partial charge >= 0.3 is 6.09 Å². The zero-order chi connectivity index (χ0) is 24.5. The van der Waals surface area contributed by atoms with Crippen molar-refractivity contribution in [1.29, 1.82) is 0 Å². The molecule has 0 aromatic rings. The number of hydrogen-bond donors (Lipinski definition) is 1. The first kappa shape index (κ1) is 26.3. The number of nitrogens with two attached hydrogens (primary N) is 1. The molecule has 4 aliphatic rings. The second-order valence-electron chi connectivity index (χ2n) is 13.6. The second kappa shape index (κ2) is 10.7. The third-order valence-electron chi connectivity index (χ3n) is 11.5. The molecule has 4 nitrogen and oxygen atoms in total. The minimum Gasteiger partial charge on any atom is -0.447 e. The molecule has 0 saturated heterocycles.